The van der Waals surface area contributed by atoms with Gasteiger partial charge >= 0.3 is 18.1 Å². The number of guanidine groups is 1. The Balaban J connectivity index is 0.000000812. The highest BCUT2D eigenvalue weighted by Crippen LogP contribution is 2.25. The van der Waals surface area contributed by atoms with Crippen LogP contribution in [0.25, 0.3) is 0 Å². The van der Waals surface area contributed by atoms with E-state index in [1.54, 1.807) is 24.3 Å². The summed E-state index contributed by atoms with van der Waals surface area (Å²) in [7, 11) is 0. The second kappa shape index (κ2) is 16.7. The first-order chi connectivity index (χ1) is 21.5. The van der Waals surface area contributed by atoms with Gasteiger partial charge in [0.05, 0.1) is 0 Å². The molecule has 1 aromatic carbocycles. The van der Waals surface area contributed by atoms with Crippen LogP contribution in [0.4, 0.5) is 24.8 Å². The fraction of sp³-hybridized carbons (Fsp3) is 0.417. The molecule has 1 saturated heterocycles. The summed E-state index contributed by atoms with van der Waals surface area (Å²) in [4.78, 5) is 46.6. The fourth-order valence-electron chi connectivity index (χ4n) is 3.53. The summed E-state index contributed by atoms with van der Waals surface area (Å²) >= 11 is 5.76. The summed E-state index contributed by atoms with van der Waals surface area (Å²) in [5.41, 5.74) is 17.6. The number of aliphatic hydroxyl groups excluding tert-OH is 3. The molecule has 1 fully saturated rings. The van der Waals surface area contributed by atoms with E-state index >= 15 is 0 Å². The van der Waals surface area contributed by atoms with Crippen LogP contribution in [0.15, 0.2) is 29.3 Å². The third kappa shape index (κ3) is 10.8. The molecule has 0 radical (unpaired) electrons. The van der Waals surface area contributed by atoms with Gasteiger partial charge in [0.1, 0.15) is 24.1 Å². The Morgan fingerprint density at radius 2 is 1.65 bits per heavy atom. The van der Waals surface area contributed by atoms with Gasteiger partial charge in [-0.25, -0.2) is 19.6 Å². The van der Waals surface area contributed by atoms with Gasteiger partial charge in [0.25, 0.3) is 5.91 Å². The highest BCUT2D eigenvalue weighted by Gasteiger charge is 2.48. The molecule has 5 atom stereocenters. The second-order valence-electron chi connectivity index (χ2n) is 9.19. The van der Waals surface area contributed by atoms with E-state index in [0.717, 1.165) is 12.0 Å². The number of amides is 1. The lowest BCUT2D eigenvalue weighted by Gasteiger charge is -2.38. The van der Waals surface area contributed by atoms with Crippen LogP contribution in [-0.2, 0) is 25.6 Å². The van der Waals surface area contributed by atoms with Crippen molar-refractivity contribution in [3.8, 4) is 5.75 Å². The number of aromatic nitrogens is 2. The Kier molecular flexibility index (Phi) is 13.6. The van der Waals surface area contributed by atoms with Crippen LogP contribution in [0.3, 0.4) is 0 Å². The molecule has 0 saturated carbocycles. The van der Waals surface area contributed by atoms with E-state index in [0.29, 0.717) is 19.4 Å². The van der Waals surface area contributed by atoms with Crippen molar-refractivity contribution in [2.24, 2.45) is 10.7 Å². The van der Waals surface area contributed by atoms with Crippen molar-refractivity contribution in [1.82, 2.24) is 15.3 Å². The number of rotatable bonds is 9. The maximum atomic E-state index is 12.2. The van der Waals surface area contributed by atoms with Crippen molar-refractivity contribution in [2.45, 2.75) is 56.1 Å². The molecule has 18 nitrogen and oxygen atoms in total. The number of nitrogens with zero attached hydrogens (tertiary/aromatic N) is 3. The molecule has 0 spiro atoms. The molecule has 1 aliphatic rings. The van der Waals surface area contributed by atoms with Gasteiger partial charge in [0, 0.05) is 6.54 Å². The molecule has 2 aromatic rings. The minimum atomic E-state index is -5.10. The zero-order valence-corrected chi connectivity index (χ0v) is 24.1. The van der Waals surface area contributed by atoms with E-state index in [1.807, 2.05) is 0 Å². The van der Waals surface area contributed by atoms with Gasteiger partial charge in [-0.2, -0.15) is 18.4 Å². The monoisotopic (exact) mass is 683 g/mol. The van der Waals surface area contributed by atoms with Gasteiger partial charge in [-0.05, 0) is 37.0 Å². The predicted molar refractivity (Wildman–Crippen MR) is 149 cm³/mol. The third-order valence-corrected chi connectivity index (χ3v) is 6.10. The number of nitrogen functional groups attached to an aromatic ring is 2. The van der Waals surface area contributed by atoms with Gasteiger partial charge < -0.3 is 47.1 Å². The molecule has 254 valence electrons. The van der Waals surface area contributed by atoms with Gasteiger partial charge in [-0.3, -0.25) is 20.0 Å². The standard InChI is InChI=1S/C22H28ClN7O8.C2HF3O3/c23-16-18(25)29-17(24)11(28-16)19(34)30-22(26)27-8-2-1-3-9-4-6-10(7-5-9)37-21-14(33)12(31)13(32)15(38-21)20(35)36;3-2(4,5)1(6)8-7/h4-7,12-15,21,31-33H,1-3,8H2,(H,35,36)(H4,24,25,29)(H3,26,27,30,34);7H/t12-,13-,14+,15?,21?;/m0./s1. The number of nitrogens with one attached hydrogen (secondary N) is 1. The quantitative estimate of drug-likeness (QED) is 0.0513. The summed E-state index contributed by atoms with van der Waals surface area (Å²) in [6, 6.07) is 6.74. The van der Waals surface area contributed by atoms with Gasteiger partial charge in [-0.1, -0.05) is 23.7 Å². The van der Waals surface area contributed by atoms with Crippen molar-refractivity contribution in [1.29, 1.82) is 0 Å². The number of alkyl halides is 3. The first-order valence-electron chi connectivity index (χ1n) is 12.8. The normalized spacial score (nSPS) is 21.4. The molecule has 0 aliphatic carbocycles. The number of aliphatic imine (C=N–C) groups is 1. The lowest BCUT2D eigenvalue weighted by Crippen LogP contribution is -2.61. The van der Waals surface area contributed by atoms with Crippen LogP contribution in [0.2, 0.25) is 5.15 Å². The smallest absolute Gasteiger partial charge is 0.479 e. The molecular formula is C24H29ClF3N7O11. The van der Waals surface area contributed by atoms with E-state index in [2.05, 4.69) is 25.2 Å². The number of aliphatic hydroxyl groups is 3. The average molecular weight is 684 g/mol. The number of anilines is 2. The van der Waals surface area contributed by atoms with Crippen LogP contribution < -0.4 is 27.3 Å². The predicted octanol–water partition coefficient (Wildman–Crippen LogP) is -0.802. The maximum absolute atomic E-state index is 12.2. The molecular weight excluding hydrogens is 655 g/mol. The minimum absolute atomic E-state index is 0.101. The van der Waals surface area contributed by atoms with Crippen molar-refractivity contribution < 1.29 is 67.6 Å². The Labute approximate surface area is 261 Å². The number of carboxylic acid groups (broad SMARTS) is 1. The van der Waals surface area contributed by atoms with Crippen LogP contribution >= 0.6 is 11.6 Å². The van der Waals surface area contributed by atoms with Crippen LogP contribution in [0.5, 0.6) is 5.75 Å². The zero-order valence-electron chi connectivity index (χ0n) is 23.3. The van der Waals surface area contributed by atoms with Crippen LogP contribution in [-0.4, -0.2) is 103 Å². The van der Waals surface area contributed by atoms with Crippen molar-refractivity contribution >= 4 is 47.0 Å². The zero-order chi connectivity index (χ0) is 34.8. The molecule has 22 heteroatoms. The number of carbonyl (C=O) groups excluding carboxylic acids is 2. The number of ether oxygens (including phenoxy) is 2. The number of hydrogen-bond acceptors (Lipinski definition) is 15. The molecule has 1 amide bonds. The van der Waals surface area contributed by atoms with E-state index in [9.17, 15) is 42.9 Å². The molecule has 2 heterocycles. The Bertz CT molecular complexity index is 1400. The number of nitrogens with two attached hydrogens (primary N) is 3. The largest absolute Gasteiger partial charge is 0.494 e. The Morgan fingerprint density at radius 3 is 2.20 bits per heavy atom. The summed E-state index contributed by atoms with van der Waals surface area (Å²) in [5.74, 6) is -4.99. The SMILES string of the molecule is NC(=NCCCCc1ccc(OC2OC(C(=O)O)[C@@H](O)[C@H](O)[C@H]2O)cc1)NC(=O)c1nc(Cl)c(N)nc1N.O=C(OO)C(F)(F)F. The molecule has 3 rings (SSSR count). The van der Waals surface area contributed by atoms with Crippen molar-refractivity contribution in [3.63, 3.8) is 0 Å². The fourth-order valence-corrected chi connectivity index (χ4v) is 3.66. The number of halogens is 4. The number of carboxylic acids is 1. The maximum Gasteiger partial charge on any atom is 0.494 e. The van der Waals surface area contributed by atoms with E-state index < -0.39 is 54.7 Å². The summed E-state index contributed by atoms with van der Waals surface area (Å²) in [6.45, 7) is 0.340. The molecule has 46 heavy (non-hydrogen) atoms. The molecule has 12 N–H and O–H groups in total. The first-order valence-corrected chi connectivity index (χ1v) is 13.1. The van der Waals surface area contributed by atoms with Crippen LogP contribution in [0.1, 0.15) is 28.9 Å². The summed E-state index contributed by atoms with van der Waals surface area (Å²) in [6.07, 6.45) is -11.4. The van der Waals surface area contributed by atoms with E-state index in [-0.39, 0.29) is 34.2 Å². The lowest BCUT2D eigenvalue weighted by molar-refractivity contribution is -0.272. The number of carbonyl (C=O) groups is 3. The molecule has 1 aliphatic heterocycles. The van der Waals surface area contributed by atoms with E-state index in [4.69, 9.17) is 48.6 Å². The number of aryl methyl sites for hydroxylation is 1. The van der Waals surface area contributed by atoms with Crippen molar-refractivity contribution in [3.05, 3.63) is 40.7 Å². The average Bonchev–Trinajstić information content (AvgIpc) is 2.99. The Morgan fingerprint density at radius 1 is 1.02 bits per heavy atom. The van der Waals surface area contributed by atoms with Crippen LogP contribution in [0, 0.1) is 0 Å². The van der Waals surface area contributed by atoms with Crippen molar-refractivity contribution in [2.75, 3.05) is 18.0 Å². The number of benzene rings is 1. The van der Waals surface area contributed by atoms with Gasteiger partial charge in [-0.15, -0.1) is 0 Å². The third-order valence-electron chi connectivity index (χ3n) is 5.82. The number of aliphatic carboxylic acids is 1. The number of unbranched alkanes of at least 4 members (excludes halogenated alkanes) is 1. The summed E-state index contributed by atoms with van der Waals surface area (Å²) in [5, 5.41) is 48.1. The summed E-state index contributed by atoms with van der Waals surface area (Å²) < 4.78 is 43.0. The second-order valence-corrected chi connectivity index (χ2v) is 9.54. The minimum Gasteiger partial charge on any atom is -0.479 e. The molecule has 1 aromatic heterocycles. The molecule has 2 unspecified atom stereocenters. The van der Waals surface area contributed by atoms with E-state index in [1.165, 1.54) is 0 Å². The molecule has 0 bridgehead atoms. The van der Waals surface area contributed by atoms with Gasteiger partial charge in [0.15, 0.2) is 34.5 Å². The Hall–Kier alpha value is -4.54. The highest BCUT2D eigenvalue weighted by molar-refractivity contribution is 6.31. The number of hydrogen-bond donors (Lipinski definition) is 9. The topological polar surface area (TPSA) is 308 Å². The van der Waals surface area contributed by atoms with Gasteiger partial charge in [0.2, 0.25) is 6.29 Å². The lowest BCUT2D eigenvalue weighted by atomic mass is 9.99. The first kappa shape index (κ1) is 37.6. The highest BCUT2D eigenvalue weighted by atomic mass is 35.5.